The van der Waals surface area contributed by atoms with Crippen molar-refractivity contribution in [3.05, 3.63) is 17.5 Å². The number of halogens is 1. The van der Waals surface area contributed by atoms with Gasteiger partial charge in [0.15, 0.2) is 0 Å². The van der Waals surface area contributed by atoms with Crippen LogP contribution in [0.2, 0.25) is 5.28 Å². The Kier molecular flexibility index (Phi) is 3.33. The van der Waals surface area contributed by atoms with E-state index in [4.69, 9.17) is 11.6 Å². The molecule has 0 saturated carbocycles. The van der Waals surface area contributed by atoms with Gasteiger partial charge in [0.1, 0.15) is 11.5 Å². The molecule has 1 aliphatic heterocycles. The molecular weight excluding hydrogens is 262 g/mol. The molecule has 6 heteroatoms. The van der Waals surface area contributed by atoms with Crippen LogP contribution in [0.25, 0.3) is 11.0 Å². The van der Waals surface area contributed by atoms with E-state index < -0.39 is 0 Å². The highest BCUT2D eigenvalue weighted by atomic mass is 35.5. The summed E-state index contributed by atoms with van der Waals surface area (Å²) in [6, 6.07) is 2.43. The number of aromatic nitrogens is 3. The maximum absolute atomic E-state index is 6.02. The largest absolute Gasteiger partial charge is 0.354 e. The van der Waals surface area contributed by atoms with Crippen molar-refractivity contribution in [2.24, 2.45) is 5.92 Å². The number of aromatic amines is 1. The maximum Gasteiger partial charge on any atom is 0.226 e. The summed E-state index contributed by atoms with van der Waals surface area (Å²) in [4.78, 5) is 13.9. The lowest BCUT2D eigenvalue weighted by molar-refractivity contribution is 0.338. The number of piperidine rings is 1. The fraction of sp³-hybridized carbons (Fsp3) is 0.538. The lowest BCUT2D eigenvalue weighted by Crippen LogP contribution is -2.49. The molecule has 2 aromatic rings. The van der Waals surface area contributed by atoms with Crippen molar-refractivity contribution in [1.82, 2.24) is 20.3 Å². The van der Waals surface area contributed by atoms with Crippen LogP contribution in [0.1, 0.15) is 13.3 Å². The molecule has 19 heavy (non-hydrogen) atoms. The molecule has 0 amide bonds. The molecule has 0 aliphatic carbocycles. The summed E-state index contributed by atoms with van der Waals surface area (Å²) in [6.45, 7) is 4.36. The maximum atomic E-state index is 6.02. The first-order chi connectivity index (χ1) is 9.16. The van der Waals surface area contributed by atoms with E-state index in [0.29, 0.717) is 12.0 Å². The zero-order valence-electron chi connectivity index (χ0n) is 11.2. The van der Waals surface area contributed by atoms with Crippen molar-refractivity contribution in [3.63, 3.8) is 0 Å². The van der Waals surface area contributed by atoms with Gasteiger partial charge in [-0.1, -0.05) is 6.92 Å². The summed E-state index contributed by atoms with van der Waals surface area (Å²) < 4.78 is 0. The first-order valence-electron chi connectivity index (χ1n) is 6.61. The van der Waals surface area contributed by atoms with E-state index in [1.54, 1.807) is 0 Å². The SMILES string of the molecule is CC1CCNCC1N(C)c1nc(Cl)nc2[nH]ccc12. The quantitative estimate of drug-likeness (QED) is 0.826. The molecule has 3 heterocycles. The fourth-order valence-corrected chi connectivity index (χ4v) is 2.98. The van der Waals surface area contributed by atoms with Crippen LogP contribution in [0.15, 0.2) is 12.3 Å². The lowest BCUT2D eigenvalue weighted by atomic mass is 9.93. The van der Waals surface area contributed by atoms with Crippen LogP contribution in [-0.2, 0) is 0 Å². The van der Waals surface area contributed by atoms with E-state index in [0.717, 1.165) is 29.9 Å². The van der Waals surface area contributed by atoms with Crippen molar-refractivity contribution in [3.8, 4) is 0 Å². The normalized spacial score (nSPS) is 23.7. The summed E-state index contributed by atoms with van der Waals surface area (Å²) in [5.74, 6) is 1.53. The Morgan fingerprint density at radius 1 is 1.42 bits per heavy atom. The first-order valence-corrected chi connectivity index (χ1v) is 6.99. The third kappa shape index (κ3) is 2.28. The van der Waals surface area contributed by atoms with Crippen molar-refractivity contribution in [2.75, 3.05) is 25.0 Å². The van der Waals surface area contributed by atoms with Gasteiger partial charge in [-0.2, -0.15) is 9.97 Å². The van der Waals surface area contributed by atoms with Gasteiger partial charge in [-0.05, 0) is 36.6 Å². The fourth-order valence-electron chi connectivity index (χ4n) is 2.82. The zero-order chi connectivity index (χ0) is 13.4. The Balaban J connectivity index is 2.00. The van der Waals surface area contributed by atoms with Gasteiger partial charge in [0.25, 0.3) is 0 Å². The van der Waals surface area contributed by atoms with Gasteiger partial charge in [-0.15, -0.1) is 0 Å². The Labute approximate surface area is 117 Å². The van der Waals surface area contributed by atoms with Crippen molar-refractivity contribution in [1.29, 1.82) is 0 Å². The van der Waals surface area contributed by atoms with Crippen molar-refractivity contribution in [2.45, 2.75) is 19.4 Å². The minimum absolute atomic E-state index is 0.285. The van der Waals surface area contributed by atoms with Crippen LogP contribution in [0.5, 0.6) is 0 Å². The summed E-state index contributed by atoms with van der Waals surface area (Å²) in [6.07, 6.45) is 3.06. The van der Waals surface area contributed by atoms with Gasteiger partial charge >= 0.3 is 0 Å². The van der Waals surface area contributed by atoms with Crippen LogP contribution in [0.3, 0.4) is 0 Å². The smallest absolute Gasteiger partial charge is 0.226 e. The molecule has 3 rings (SSSR count). The molecular formula is C13H18ClN5. The number of fused-ring (bicyclic) bond motifs is 1. The molecule has 0 aromatic carbocycles. The molecule has 1 fully saturated rings. The summed E-state index contributed by atoms with van der Waals surface area (Å²) in [5, 5.41) is 4.75. The van der Waals surface area contributed by atoms with Gasteiger partial charge in [-0.3, -0.25) is 0 Å². The zero-order valence-corrected chi connectivity index (χ0v) is 11.9. The highest BCUT2D eigenvalue weighted by Crippen LogP contribution is 2.28. The summed E-state index contributed by atoms with van der Waals surface area (Å²) >= 11 is 6.02. The molecule has 2 aromatic heterocycles. The molecule has 0 bridgehead atoms. The van der Waals surface area contributed by atoms with E-state index >= 15 is 0 Å². The second kappa shape index (κ2) is 4.98. The Morgan fingerprint density at radius 2 is 2.26 bits per heavy atom. The minimum Gasteiger partial charge on any atom is -0.354 e. The molecule has 5 nitrogen and oxygen atoms in total. The monoisotopic (exact) mass is 279 g/mol. The van der Waals surface area contributed by atoms with Crippen LogP contribution in [0.4, 0.5) is 5.82 Å². The highest BCUT2D eigenvalue weighted by molar-refractivity contribution is 6.28. The number of rotatable bonds is 2. The molecule has 1 saturated heterocycles. The number of hydrogen-bond acceptors (Lipinski definition) is 4. The summed E-state index contributed by atoms with van der Waals surface area (Å²) in [7, 11) is 2.08. The minimum atomic E-state index is 0.285. The van der Waals surface area contributed by atoms with Crippen LogP contribution >= 0.6 is 11.6 Å². The molecule has 0 spiro atoms. The second-order valence-electron chi connectivity index (χ2n) is 5.20. The Morgan fingerprint density at radius 3 is 3.05 bits per heavy atom. The predicted molar refractivity (Wildman–Crippen MR) is 77.7 cm³/mol. The van der Waals surface area contributed by atoms with Crippen molar-refractivity contribution >= 4 is 28.5 Å². The third-order valence-corrected chi connectivity index (χ3v) is 4.16. The van der Waals surface area contributed by atoms with Crippen LogP contribution in [0, 0.1) is 5.92 Å². The first kappa shape index (κ1) is 12.7. The Hall–Kier alpha value is -1.33. The number of anilines is 1. The van der Waals surface area contributed by atoms with Crippen LogP contribution in [-0.4, -0.2) is 41.1 Å². The molecule has 102 valence electrons. The van der Waals surface area contributed by atoms with E-state index in [9.17, 15) is 0 Å². The van der Waals surface area contributed by atoms with E-state index in [1.165, 1.54) is 6.42 Å². The van der Waals surface area contributed by atoms with Gasteiger partial charge < -0.3 is 15.2 Å². The van der Waals surface area contributed by atoms with Crippen LogP contribution < -0.4 is 10.2 Å². The second-order valence-corrected chi connectivity index (χ2v) is 5.54. The lowest BCUT2D eigenvalue weighted by Gasteiger charge is -2.37. The van der Waals surface area contributed by atoms with E-state index in [-0.39, 0.29) is 5.28 Å². The topological polar surface area (TPSA) is 56.8 Å². The molecule has 2 unspecified atom stereocenters. The predicted octanol–water partition coefficient (Wildman–Crippen LogP) is 2.05. The Bertz CT molecular complexity index is 581. The number of likely N-dealkylation sites (N-methyl/N-ethyl adjacent to an activating group) is 1. The molecule has 2 atom stereocenters. The standard InChI is InChI=1S/C13H18ClN5/c1-8-3-5-15-7-10(8)19(2)12-9-4-6-16-11(9)17-13(14)18-12/h4,6,8,10,15H,3,5,7H2,1-2H3,(H,16,17,18). The number of hydrogen-bond donors (Lipinski definition) is 2. The van der Waals surface area contributed by atoms with E-state index in [2.05, 4.69) is 39.1 Å². The average Bonchev–Trinajstić information content (AvgIpc) is 2.85. The highest BCUT2D eigenvalue weighted by Gasteiger charge is 2.27. The molecule has 0 radical (unpaired) electrons. The number of nitrogens with one attached hydrogen (secondary N) is 2. The van der Waals surface area contributed by atoms with Gasteiger partial charge in [0, 0.05) is 25.8 Å². The van der Waals surface area contributed by atoms with Gasteiger partial charge in [0.2, 0.25) is 5.28 Å². The van der Waals surface area contributed by atoms with Gasteiger partial charge in [-0.25, -0.2) is 0 Å². The summed E-state index contributed by atoms with van der Waals surface area (Å²) in [5.41, 5.74) is 0.790. The average molecular weight is 280 g/mol. The van der Waals surface area contributed by atoms with Crippen molar-refractivity contribution < 1.29 is 0 Å². The molecule has 2 N–H and O–H groups in total. The third-order valence-electron chi connectivity index (χ3n) is 3.99. The number of H-pyrrole nitrogens is 1. The molecule has 1 aliphatic rings. The number of nitrogens with zero attached hydrogens (tertiary/aromatic N) is 3. The van der Waals surface area contributed by atoms with Gasteiger partial charge in [0.05, 0.1) is 5.39 Å². The van der Waals surface area contributed by atoms with E-state index in [1.807, 2.05) is 12.3 Å².